The van der Waals surface area contributed by atoms with Crippen molar-refractivity contribution in [2.75, 3.05) is 13.7 Å². The van der Waals surface area contributed by atoms with Crippen LogP contribution < -0.4 is 5.56 Å². The zero-order chi connectivity index (χ0) is 19.3. The number of halogens is 2. The molecule has 0 unspecified atom stereocenters. The largest absolute Gasteiger partial charge is 0.493 e. The minimum Gasteiger partial charge on any atom is -0.493 e. The summed E-state index contributed by atoms with van der Waals surface area (Å²) in [6.07, 6.45) is 0.481. The predicted molar refractivity (Wildman–Crippen MR) is 98.9 cm³/mol. The fraction of sp³-hybridized carbons (Fsp3) is 0.294. The van der Waals surface area contributed by atoms with E-state index < -0.39 is 11.4 Å². The van der Waals surface area contributed by atoms with Crippen molar-refractivity contribution in [1.29, 1.82) is 5.26 Å². The Hall–Kier alpha value is -2.40. The van der Waals surface area contributed by atoms with Crippen LogP contribution >= 0.6 is 23.2 Å². The van der Waals surface area contributed by atoms with Gasteiger partial charge in [0.15, 0.2) is 5.69 Å². The van der Waals surface area contributed by atoms with Gasteiger partial charge in [-0.25, -0.2) is 0 Å². The lowest BCUT2D eigenvalue weighted by atomic mass is 10.1. The maximum atomic E-state index is 12.7. The van der Waals surface area contributed by atoms with Crippen molar-refractivity contribution in [3.63, 3.8) is 0 Å². The lowest BCUT2D eigenvalue weighted by molar-refractivity contribution is 0.188. The summed E-state index contributed by atoms with van der Waals surface area (Å²) in [6.45, 7) is 2.09. The first kappa shape index (κ1) is 19.9. The van der Waals surface area contributed by atoms with E-state index in [1.165, 1.54) is 14.0 Å². The summed E-state index contributed by atoms with van der Waals surface area (Å²) in [7, 11) is 1.53. The van der Waals surface area contributed by atoms with E-state index in [0.717, 1.165) is 4.57 Å². The van der Waals surface area contributed by atoms with E-state index in [1.807, 2.05) is 6.07 Å². The Labute approximate surface area is 160 Å². The summed E-state index contributed by atoms with van der Waals surface area (Å²) in [5.74, 6) is -0.397. The van der Waals surface area contributed by atoms with E-state index in [-0.39, 0.29) is 34.1 Å². The van der Waals surface area contributed by atoms with E-state index in [9.17, 15) is 15.2 Å². The van der Waals surface area contributed by atoms with Crippen LogP contribution in [-0.2, 0) is 11.3 Å². The van der Waals surface area contributed by atoms with Crippen LogP contribution in [0.25, 0.3) is 0 Å². The zero-order valence-electron chi connectivity index (χ0n) is 14.2. The lowest BCUT2D eigenvalue weighted by Gasteiger charge is -2.12. The molecular weight excluding hydrogens is 379 g/mol. The van der Waals surface area contributed by atoms with Gasteiger partial charge in [-0.05, 0) is 25.5 Å². The summed E-state index contributed by atoms with van der Waals surface area (Å²) in [5, 5.41) is 28.0. The highest BCUT2D eigenvalue weighted by Gasteiger charge is 2.19. The Balaban J connectivity index is 2.55. The molecule has 0 saturated heterocycles. The summed E-state index contributed by atoms with van der Waals surface area (Å²) in [5.41, 5.74) is -0.117. The molecular formula is C17H16Cl2N4O3. The summed E-state index contributed by atoms with van der Waals surface area (Å²) in [6, 6.07) is 6.74. The highest BCUT2D eigenvalue weighted by molar-refractivity contribution is 6.43. The van der Waals surface area contributed by atoms with E-state index in [2.05, 4.69) is 10.2 Å². The number of benzene rings is 1. The van der Waals surface area contributed by atoms with Crippen LogP contribution in [0.1, 0.15) is 17.5 Å². The molecule has 0 radical (unpaired) electrons. The van der Waals surface area contributed by atoms with Crippen LogP contribution in [0.2, 0.25) is 10.0 Å². The number of pyridine rings is 1. The standard InChI is InChI=1S/C17H16Cl2N4O3/c1-10-11(9-20)16(24)23(7-4-8-26-2)17(25)15(10)22-21-13-6-3-5-12(18)14(13)19/h3,5-6,24H,4,7-8H2,1-2H3. The van der Waals surface area contributed by atoms with Gasteiger partial charge in [0.25, 0.3) is 5.56 Å². The fourth-order valence-electron chi connectivity index (χ4n) is 2.31. The summed E-state index contributed by atoms with van der Waals surface area (Å²) >= 11 is 12.0. The highest BCUT2D eigenvalue weighted by atomic mass is 35.5. The highest BCUT2D eigenvalue weighted by Crippen LogP contribution is 2.33. The second-order valence-electron chi connectivity index (χ2n) is 5.36. The minimum absolute atomic E-state index is 0.0341. The number of nitrogens with zero attached hydrogens (tertiary/aromatic N) is 4. The molecule has 0 saturated carbocycles. The van der Waals surface area contributed by atoms with E-state index >= 15 is 0 Å². The molecule has 0 aliphatic rings. The molecule has 0 atom stereocenters. The van der Waals surface area contributed by atoms with Gasteiger partial charge < -0.3 is 9.84 Å². The zero-order valence-corrected chi connectivity index (χ0v) is 15.7. The molecule has 1 aromatic carbocycles. The average molecular weight is 395 g/mol. The predicted octanol–water partition coefficient (Wildman–Crippen LogP) is 4.49. The number of hydrogen-bond donors (Lipinski definition) is 1. The molecule has 0 amide bonds. The van der Waals surface area contributed by atoms with Gasteiger partial charge in [0.2, 0.25) is 5.88 Å². The van der Waals surface area contributed by atoms with Crippen LogP contribution in [0, 0.1) is 18.3 Å². The van der Waals surface area contributed by atoms with Crippen molar-refractivity contribution in [3.05, 3.63) is 49.7 Å². The first-order chi connectivity index (χ1) is 12.4. The molecule has 1 heterocycles. The molecule has 0 bridgehead atoms. The molecule has 0 fully saturated rings. The number of aromatic nitrogens is 1. The van der Waals surface area contributed by atoms with Crippen molar-refractivity contribution in [1.82, 2.24) is 4.57 Å². The van der Waals surface area contributed by atoms with Gasteiger partial charge in [-0.1, -0.05) is 29.3 Å². The number of methoxy groups -OCH3 is 1. The Morgan fingerprint density at radius 1 is 1.35 bits per heavy atom. The molecule has 2 rings (SSSR count). The fourth-order valence-corrected chi connectivity index (χ4v) is 2.64. The summed E-state index contributed by atoms with van der Waals surface area (Å²) in [4.78, 5) is 12.7. The maximum Gasteiger partial charge on any atom is 0.281 e. The SMILES string of the molecule is COCCCn1c(O)c(C#N)c(C)c(N=Nc2cccc(Cl)c2Cl)c1=O. The Morgan fingerprint density at radius 3 is 2.73 bits per heavy atom. The van der Waals surface area contributed by atoms with Crippen LogP contribution in [0.15, 0.2) is 33.2 Å². The topological polar surface area (TPSA) is 100.0 Å². The summed E-state index contributed by atoms with van der Waals surface area (Å²) < 4.78 is 6.03. The maximum absolute atomic E-state index is 12.7. The molecule has 136 valence electrons. The number of rotatable bonds is 6. The Kier molecular flexibility index (Phi) is 6.75. The third kappa shape index (κ3) is 4.05. The molecule has 0 aliphatic heterocycles. The molecule has 9 heteroatoms. The normalized spacial score (nSPS) is 11.0. The Bertz CT molecular complexity index is 948. The van der Waals surface area contributed by atoms with Crippen LogP contribution in [0.5, 0.6) is 5.88 Å². The van der Waals surface area contributed by atoms with Gasteiger partial charge in [0.1, 0.15) is 17.3 Å². The van der Waals surface area contributed by atoms with Crippen molar-refractivity contribution in [2.24, 2.45) is 10.2 Å². The number of ether oxygens (including phenoxy) is 1. The van der Waals surface area contributed by atoms with Crippen LogP contribution in [0.3, 0.4) is 0 Å². The first-order valence-corrected chi connectivity index (χ1v) is 8.39. The van der Waals surface area contributed by atoms with E-state index in [1.54, 1.807) is 18.2 Å². The van der Waals surface area contributed by atoms with Gasteiger partial charge in [-0.2, -0.15) is 5.26 Å². The third-order valence-electron chi connectivity index (χ3n) is 3.69. The van der Waals surface area contributed by atoms with Gasteiger partial charge in [-0.3, -0.25) is 9.36 Å². The Morgan fingerprint density at radius 2 is 2.08 bits per heavy atom. The van der Waals surface area contributed by atoms with Gasteiger partial charge in [-0.15, -0.1) is 10.2 Å². The monoisotopic (exact) mass is 394 g/mol. The van der Waals surface area contributed by atoms with Gasteiger partial charge in [0.05, 0.1) is 10.0 Å². The quantitative estimate of drug-likeness (QED) is 0.575. The first-order valence-electron chi connectivity index (χ1n) is 7.63. The van der Waals surface area contributed by atoms with Crippen molar-refractivity contribution in [2.45, 2.75) is 19.9 Å². The van der Waals surface area contributed by atoms with Gasteiger partial charge >= 0.3 is 0 Å². The molecule has 2 aromatic rings. The van der Waals surface area contributed by atoms with E-state index in [0.29, 0.717) is 18.1 Å². The van der Waals surface area contributed by atoms with E-state index in [4.69, 9.17) is 27.9 Å². The molecule has 7 nitrogen and oxygen atoms in total. The van der Waals surface area contributed by atoms with Crippen LogP contribution in [0.4, 0.5) is 11.4 Å². The molecule has 1 aromatic heterocycles. The number of nitriles is 1. The van der Waals surface area contributed by atoms with Gasteiger partial charge in [0, 0.05) is 25.8 Å². The number of azo groups is 1. The van der Waals surface area contributed by atoms with Crippen molar-refractivity contribution < 1.29 is 9.84 Å². The van der Waals surface area contributed by atoms with Crippen molar-refractivity contribution >= 4 is 34.6 Å². The molecule has 0 aliphatic carbocycles. The lowest BCUT2D eigenvalue weighted by Crippen LogP contribution is -2.22. The average Bonchev–Trinajstić information content (AvgIpc) is 2.61. The molecule has 26 heavy (non-hydrogen) atoms. The third-order valence-corrected chi connectivity index (χ3v) is 4.50. The second kappa shape index (κ2) is 8.81. The van der Waals surface area contributed by atoms with Crippen LogP contribution in [-0.4, -0.2) is 23.4 Å². The number of hydrogen-bond acceptors (Lipinski definition) is 6. The van der Waals surface area contributed by atoms with Crippen molar-refractivity contribution in [3.8, 4) is 11.9 Å². The smallest absolute Gasteiger partial charge is 0.281 e. The molecule has 0 spiro atoms. The number of aromatic hydroxyl groups is 1. The second-order valence-corrected chi connectivity index (χ2v) is 6.15. The minimum atomic E-state index is -0.558. The molecule has 1 N–H and O–H groups in total.